The van der Waals surface area contributed by atoms with Crippen molar-refractivity contribution < 1.29 is 22.4 Å². The number of oxazole rings is 1. The monoisotopic (exact) mass is 445 g/mol. The summed E-state index contributed by atoms with van der Waals surface area (Å²) >= 11 is 0. The van der Waals surface area contributed by atoms with Crippen molar-refractivity contribution >= 4 is 5.91 Å². The zero-order valence-corrected chi connectivity index (χ0v) is 18.3. The molecule has 0 bridgehead atoms. The van der Waals surface area contributed by atoms with Crippen molar-refractivity contribution in [2.75, 3.05) is 6.54 Å². The zero-order chi connectivity index (χ0) is 23.3. The van der Waals surface area contributed by atoms with Gasteiger partial charge < -0.3 is 9.73 Å². The van der Waals surface area contributed by atoms with Crippen molar-refractivity contribution in [3.8, 4) is 0 Å². The minimum Gasteiger partial charge on any atom is -0.447 e. The number of halogens is 3. The third-order valence-electron chi connectivity index (χ3n) is 5.03. The third-order valence-corrected chi connectivity index (χ3v) is 5.03. The van der Waals surface area contributed by atoms with Gasteiger partial charge in [0.1, 0.15) is 6.26 Å². The molecule has 0 fully saturated rings. The Morgan fingerprint density at radius 1 is 1.09 bits per heavy atom. The van der Waals surface area contributed by atoms with E-state index in [0.717, 1.165) is 28.8 Å². The molecular formula is C24H26F3N3O2. The fourth-order valence-electron chi connectivity index (χ4n) is 3.47. The summed E-state index contributed by atoms with van der Waals surface area (Å²) in [5.41, 5.74) is 3.30. The van der Waals surface area contributed by atoms with E-state index in [0.29, 0.717) is 24.5 Å². The normalized spacial score (nSPS) is 11.7. The van der Waals surface area contributed by atoms with Crippen LogP contribution in [0.5, 0.6) is 0 Å². The highest BCUT2D eigenvalue weighted by molar-refractivity contribution is 5.91. The molecule has 5 nitrogen and oxygen atoms in total. The van der Waals surface area contributed by atoms with Crippen LogP contribution in [0.25, 0.3) is 0 Å². The van der Waals surface area contributed by atoms with Crippen LogP contribution < -0.4 is 5.32 Å². The van der Waals surface area contributed by atoms with E-state index in [2.05, 4.69) is 16.4 Å². The molecule has 0 unspecified atom stereocenters. The Morgan fingerprint density at radius 3 is 2.56 bits per heavy atom. The Hall–Kier alpha value is -3.13. The minimum absolute atomic E-state index is 0.174. The number of aromatic nitrogens is 1. The maximum absolute atomic E-state index is 13.2. The van der Waals surface area contributed by atoms with Crippen molar-refractivity contribution in [1.82, 2.24) is 15.2 Å². The van der Waals surface area contributed by atoms with E-state index in [4.69, 9.17) is 4.42 Å². The fraction of sp³-hybridized carbons (Fsp3) is 0.333. The Morgan fingerprint density at radius 2 is 1.88 bits per heavy atom. The second-order valence-electron chi connectivity index (χ2n) is 7.76. The zero-order valence-electron chi connectivity index (χ0n) is 18.3. The van der Waals surface area contributed by atoms with E-state index in [1.165, 1.54) is 12.3 Å². The molecule has 0 radical (unpaired) electrons. The highest BCUT2D eigenvalue weighted by Crippen LogP contribution is 2.30. The first-order valence-corrected chi connectivity index (χ1v) is 10.3. The number of carbonyl (C=O) groups is 1. The molecule has 0 atom stereocenters. The largest absolute Gasteiger partial charge is 0.447 e. The van der Waals surface area contributed by atoms with E-state index in [1.54, 1.807) is 13.0 Å². The lowest BCUT2D eigenvalue weighted by atomic mass is 10.0. The van der Waals surface area contributed by atoms with E-state index in [-0.39, 0.29) is 24.7 Å². The Bertz CT molecular complexity index is 1080. The SMILES string of the molecule is CCNC(=O)c1coc(CN(Cc2cccc(C(F)(F)F)c2)Cc2ccc(C)cc2C)n1. The van der Waals surface area contributed by atoms with Gasteiger partial charge in [-0.25, -0.2) is 4.98 Å². The fourth-order valence-corrected chi connectivity index (χ4v) is 3.47. The molecule has 0 aliphatic rings. The van der Waals surface area contributed by atoms with E-state index in [1.807, 2.05) is 30.9 Å². The number of hydrogen-bond acceptors (Lipinski definition) is 4. The molecule has 0 spiro atoms. The van der Waals surface area contributed by atoms with Crippen LogP contribution in [-0.2, 0) is 25.8 Å². The predicted molar refractivity (Wildman–Crippen MR) is 115 cm³/mol. The van der Waals surface area contributed by atoms with Gasteiger partial charge in [-0.05, 0) is 43.5 Å². The summed E-state index contributed by atoms with van der Waals surface area (Å²) < 4.78 is 44.9. The maximum atomic E-state index is 13.2. The van der Waals surface area contributed by atoms with Gasteiger partial charge in [-0.2, -0.15) is 13.2 Å². The van der Waals surface area contributed by atoms with Gasteiger partial charge in [0.2, 0.25) is 5.89 Å². The molecule has 3 rings (SSSR count). The van der Waals surface area contributed by atoms with Gasteiger partial charge in [0.05, 0.1) is 12.1 Å². The molecule has 8 heteroatoms. The number of nitrogens with one attached hydrogen (secondary N) is 1. The first-order valence-electron chi connectivity index (χ1n) is 10.3. The van der Waals surface area contributed by atoms with E-state index in [9.17, 15) is 18.0 Å². The smallest absolute Gasteiger partial charge is 0.416 e. The number of alkyl halides is 3. The highest BCUT2D eigenvalue weighted by Gasteiger charge is 2.30. The van der Waals surface area contributed by atoms with Crippen molar-refractivity contribution in [1.29, 1.82) is 0 Å². The maximum Gasteiger partial charge on any atom is 0.416 e. The van der Waals surface area contributed by atoms with Crippen molar-refractivity contribution in [2.45, 2.75) is 46.6 Å². The average Bonchev–Trinajstić information content (AvgIpc) is 3.18. The lowest BCUT2D eigenvalue weighted by Crippen LogP contribution is -2.24. The quantitative estimate of drug-likeness (QED) is 0.514. The molecule has 0 aliphatic carbocycles. The molecule has 0 aliphatic heterocycles. The standard InChI is InChI=1S/C24H26F3N3O2/c1-4-28-23(31)21-15-32-22(29-21)14-30(13-19-9-8-16(2)10-17(19)3)12-18-6-5-7-20(11-18)24(25,26)27/h5-11,15H,4,12-14H2,1-3H3,(H,28,31). The van der Waals surface area contributed by atoms with Gasteiger partial charge in [-0.3, -0.25) is 9.69 Å². The first kappa shape index (κ1) is 23.5. The van der Waals surface area contributed by atoms with Gasteiger partial charge in [0.25, 0.3) is 5.91 Å². The van der Waals surface area contributed by atoms with Crippen LogP contribution in [0.4, 0.5) is 13.2 Å². The van der Waals surface area contributed by atoms with Crippen molar-refractivity contribution in [3.05, 3.63) is 88.1 Å². The number of amides is 1. The summed E-state index contributed by atoms with van der Waals surface area (Å²) in [5.74, 6) is -0.00991. The number of carbonyl (C=O) groups excluding carboxylic acids is 1. The van der Waals surface area contributed by atoms with Gasteiger partial charge in [-0.15, -0.1) is 0 Å². The van der Waals surface area contributed by atoms with E-state index >= 15 is 0 Å². The Balaban J connectivity index is 1.85. The Labute approximate surface area is 185 Å². The number of hydrogen-bond donors (Lipinski definition) is 1. The number of rotatable bonds is 8. The summed E-state index contributed by atoms with van der Waals surface area (Å²) in [6.07, 6.45) is -3.11. The lowest BCUT2D eigenvalue weighted by molar-refractivity contribution is -0.137. The number of nitrogens with zero attached hydrogens (tertiary/aromatic N) is 2. The van der Waals surface area contributed by atoms with Crippen LogP contribution in [0.1, 0.15) is 51.1 Å². The summed E-state index contributed by atoms with van der Waals surface area (Å²) in [4.78, 5) is 18.2. The molecule has 2 aromatic carbocycles. The van der Waals surface area contributed by atoms with Crippen molar-refractivity contribution in [3.63, 3.8) is 0 Å². The topological polar surface area (TPSA) is 58.4 Å². The lowest BCUT2D eigenvalue weighted by Gasteiger charge is -2.22. The van der Waals surface area contributed by atoms with Crippen LogP contribution >= 0.6 is 0 Å². The molecule has 0 saturated carbocycles. The van der Waals surface area contributed by atoms with Gasteiger partial charge in [0, 0.05) is 19.6 Å². The van der Waals surface area contributed by atoms with Gasteiger partial charge in [0.15, 0.2) is 5.69 Å². The predicted octanol–water partition coefficient (Wildman–Crippen LogP) is 5.26. The molecule has 1 aromatic heterocycles. The van der Waals surface area contributed by atoms with Gasteiger partial charge in [-0.1, -0.05) is 42.0 Å². The molecule has 1 heterocycles. The summed E-state index contributed by atoms with van der Waals surface area (Å²) in [7, 11) is 0. The number of benzene rings is 2. The van der Waals surface area contributed by atoms with Crippen LogP contribution in [0.15, 0.2) is 53.1 Å². The van der Waals surface area contributed by atoms with E-state index < -0.39 is 11.7 Å². The molecule has 32 heavy (non-hydrogen) atoms. The molecule has 1 N–H and O–H groups in total. The summed E-state index contributed by atoms with van der Waals surface area (Å²) in [6.45, 7) is 7.27. The van der Waals surface area contributed by atoms with Crippen molar-refractivity contribution in [2.24, 2.45) is 0 Å². The van der Waals surface area contributed by atoms with Crippen LogP contribution in [0.3, 0.4) is 0 Å². The second kappa shape index (κ2) is 9.99. The van der Waals surface area contributed by atoms with Crippen LogP contribution in [-0.4, -0.2) is 22.3 Å². The van der Waals surface area contributed by atoms with Gasteiger partial charge >= 0.3 is 6.18 Å². The minimum atomic E-state index is -4.40. The van der Waals surface area contributed by atoms with Crippen LogP contribution in [0, 0.1) is 13.8 Å². The molecule has 170 valence electrons. The molecule has 1 amide bonds. The Kier molecular flexibility index (Phi) is 7.35. The molecule has 3 aromatic rings. The molecular weight excluding hydrogens is 419 g/mol. The summed E-state index contributed by atoms with van der Waals surface area (Å²) in [5, 5.41) is 2.66. The second-order valence-corrected chi connectivity index (χ2v) is 7.76. The first-order chi connectivity index (χ1) is 15.2. The number of aryl methyl sites for hydroxylation is 2. The summed E-state index contributed by atoms with van der Waals surface area (Å²) in [6, 6.07) is 11.4. The third kappa shape index (κ3) is 6.20. The molecule has 0 saturated heterocycles. The average molecular weight is 445 g/mol. The van der Waals surface area contributed by atoms with Crippen LogP contribution in [0.2, 0.25) is 0 Å². The highest BCUT2D eigenvalue weighted by atomic mass is 19.4.